The predicted octanol–water partition coefficient (Wildman–Crippen LogP) is 5.82. The average Bonchev–Trinajstić information content (AvgIpc) is 3.47. The lowest BCUT2D eigenvalue weighted by atomic mass is 9.99. The molecule has 1 aliphatic rings. The van der Waals surface area contributed by atoms with Crippen LogP contribution in [-0.2, 0) is 9.59 Å². The van der Waals surface area contributed by atoms with Crippen LogP contribution in [0.3, 0.4) is 0 Å². The Labute approximate surface area is 189 Å². The number of aliphatic hydroxyl groups excluding tert-OH is 1. The molecule has 3 heterocycles. The zero-order chi connectivity index (χ0) is 21.7. The highest BCUT2D eigenvalue weighted by atomic mass is 35.5. The van der Waals surface area contributed by atoms with Gasteiger partial charge >= 0.3 is 5.91 Å². The van der Waals surface area contributed by atoms with E-state index in [1.165, 1.54) is 22.5 Å². The number of carbonyl (C=O) groups excluding carboxylic acids is 2. The Balaban J connectivity index is 1.71. The van der Waals surface area contributed by atoms with Gasteiger partial charge in [0.1, 0.15) is 17.6 Å². The van der Waals surface area contributed by atoms with Crippen LogP contribution in [0.25, 0.3) is 16.0 Å². The Morgan fingerprint density at radius 2 is 1.81 bits per heavy atom. The number of halogens is 2. The molecule has 31 heavy (non-hydrogen) atoms. The molecule has 1 fully saturated rings. The number of hydrogen-bond donors (Lipinski definition) is 1. The van der Waals surface area contributed by atoms with Crippen molar-refractivity contribution in [1.82, 2.24) is 4.98 Å². The van der Waals surface area contributed by atoms with Gasteiger partial charge in [0.2, 0.25) is 0 Å². The van der Waals surface area contributed by atoms with Crippen molar-refractivity contribution in [3.05, 3.63) is 87.8 Å². The molecule has 1 N–H and O–H groups in total. The fraction of sp³-hybridized carbons (Fsp3) is 0.0455. The molecule has 5 rings (SSSR count). The summed E-state index contributed by atoms with van der Waals surface area (Å²) in [4.78, 5) is 31.8. The first-order valence-corrected chi connectivity index (χ1v) is 10.7. The van der Waals surface area contributed by atoms with Crippen LogP contribution in [0.1, 0.15) is 17.4 Å². The third-order valence-electron chi connectivity index (χ3n) is 4.92. The molecule has 0 saturated carbocycles. The fourth-order valence-corrected chi connectivity index (χ4v) is 4.89. The Bertz CT molecular complexity index is 1360. The lowest BCUT2D eigenvalue weighted by Gasteiger charge is -2.20. The number of hydrogen-bond acceptors (Lipinski definition) is 6. The molecule has 4 aromatic rings. The largest absolute Gasteiger partial charge is 0.507 e. The molecule has 1 unspecified atom stereocenters. The van der Waals surface area contributed by atoms with Crippen molar-refractivity contribution in [1.29, 1.82) is 0 Å². The highest BCUT2D eigenvalue weighted by Gasteiger charge is 2.49. The quantitative estimate of drug-likeness (QED) is 0.231. The summed E-state index contributed by atoms with van der Waals surface area (Å²) in [5.41, 5.74) is 0.914. The Morgan fingerprint density at radius 1 is 1.06 bits per heavy atom. The summed E-state index contributed by atoms with van der Waals surface area (Å²) >= 11 is 13.2. The second-order valence-corrected chi connectivity index (χ2v) is 8.68. The van der Waals surface area contributed by atoms with Gasteiger partial charge in [-0.3, -0.25) is 14.5 Å². The van der Waals surface area contributed by atoms with Gasteiger partial charge in [0.25, 0.3) is 5.78 Å². The summed E-state index contributed by atoms with van der Waals surface area (Å²) in [5.74, 6) is -1.62. The number of thiazole rings is 1. The van der Waals surface area contributed by atoms with Crippen molar-refractivity contribution >= 4 is 67.3 Å². The van der Waals surface area contributed by atoms with Crippen molar-refractivity contribution in [2.24, 2.45) is 0 Å². The number of ketones is 1. The van der Waals surface area contributed by atoms with Gasteiger partial charge in [-0.15, -0.1) is 0 Å². The number of anilines is 1. The Morgan fingerprint density at radius 3 is 2.52 bits per heavy atom. The number of benzene rings is 2. The number of aliphatic hydroxyl groups is 1. The summed E-state index contributed by atoms with van der Waals surface area (Å²) in [7, 11) is 0. The first-order chi connectivity index (χ1) is 14.9. The third-order valence-corrected chi connectivity index (χ3v) is 6.42. The van der Waals surface area contributed by atoms with Crippen LogP contribution in [0.2, 0.25) is 10.0 Å². The third kappa shape index (κ3) is 3.31. The van der Waals surface area contributed by atoms with Gasteiger partial charge in [-0.2, -0.15) is 0 Å². The van der Waals surface area contributed by atoms with E-state index >= 15 is 0 Å². The number of amides is 1. The second-order valence-electron chi connectivity index (χ2n) is 6.80. The van der Waals surface area contributed by atoms with Crippen molar-refractivity contribution in [2.45, 2.75) is 6.04 Å². The van der Waals surface area contributed by atoms with Crippen LogP contribution < -0.4 is 4.90 Å². The van der Waals surface area contributed by atoms with E-state index in [0.29, 0.717) is 32.0 Å². The van der Waals surface area contributed by atoms with E-state index in [0.717, 1.165) is 4.70 Å². The van der Waals surface area contributed by atoms with Gasteiger partial charge in [-0.05, 0) is 54.6 Å². The van der Waals surface area contributed by atoms with E-state index in [-0.39, 0.29) is 11.3 Å². The second kappa shape index (κ2) is 7.53. The molecule has 9 heteroatoms. The summed E-state index contributed by atoms with van der Waals surface area (Å²) in [6.45, 7) is 0. The van der Waals surface area contributed by atoms with E-state index in [2.05, 4.69) is 4.98 Å². The number of nitrogens with zero attached hydrogens (tertiary/aromatic N) is 2. The van der Waals surface area contributed by atoms with Crippen molar-refractivity contribution in [2.75, 3.05) is 4.90 Å². The molecule has 0 bridgehead atoms. The highest BCUT2D eigenvalue weighted by molar-refractivity contribution is 7.22. The maximum Gasteiger partial charge on any atom is 0.302 e. The maximum atomic E-state index is 13.1. The van der Waals surface area contributed by atoms with Crippen LogP contribution in [0.4, 0.5) is 5.13 Å². The van der Waals surface area contributed by atoms with Crippen molar-refractivity contribution in [3.63, 3.8) is 0 Å². The molecule has 0 aliphatic carbocycles. The summed E-state index contributed by atoms with van der Waals surface area (Å²) in [5, 5.41) is 12.3. The number of fused-ring (bicyclic) bond motifs is 1. The van der Waals surface area contributed by atoms with Crippen molar-refractivity contribution < 1.29 is 19.1 Å². The summed E-state index contributed by atoms with van der Waals surface area (Å²) in [6.07, 6.45) is 1.44. The minimum Gasteiger partial charge on any atom is -0.507 e. The first-order valence-electron chi connectivity index (χ1n) is 9.10. The maximum absolute atomic E-state index is 13.1. The summed E-state index contributed by atoms with van der Waals surface area (Å²) < 4.78 is 6.30. The van der Waals surface area contributed by atoms with Crippen LogP contribution in [0.15, 0.2) is 70.9 Å². The van der Waals surface area contributed by atoms with E-state index in [1.807, 2.05) is 0 Å². The molecular formula is C22H12Cl2N2O4S. The molecule has 1 saturated heterocycles. The highest BCUT2D eigenvalue weighted by Crippen LogP contribution is 2.44. The molecule has 1 amide bonds. The molecule has 1 atom stereocenters. The lowest BCUT2D eigenvalue weighted by molar-refractivity contribution is -0.132. The average molecular weight is 471 g/mol. The van der Waals surface area contributed by atoms with Gasteiger partial charge in [0.15, 0.2) is 5.13 Å². The van der Waals surface area contributed by atoms with Crippen LogP contribution in [0.5, 0.6) is 0 Å². The van der Waals surface area contributed by atoms with Gasteiger partial charge in [-0.1, -0.05) is 34.5 Å². The SMILES string of the molecule is O=C1C(=O)N(c2nc3ccc(Cl)cc3s2)C(c2ccco2)/C1=C(\O)c1ccc(Cl)cc1. The van der Waals surface area contributed by atoms with E-state index < -0.39 is 17.7 Å². The number of furan rings is 1. The molecule has 2 aromatic carbocycles. The van der Waals surface area contributed by atoms with E-state index in [1.54, 1.807) is 54.6 Å². The van der Waals surface area contributed by atoms with Gasteiger partial charge in [-0.25, -0.2) is 4.98 Å². The van der Waals surface area contributed by atoms with Crippen LogP contribution >= 0.6 is 34.5 Å². The minimum absolute atomic E-state index is 0.0837. The van der Waals surface area contributed by atoms with Crippen molar-refractivity contribution in [3.8, 4) is 0 Å². The molecule has 2 aromatic heterocycles. The van der Waals surface area contributed by atoms with Gasteiger partial charge < -0.3 is 9.52 Å². The minimum atomic E-state index is -0.971. The molecule has 0 spiro atoms. The smallest absolute Gasteiger partial charge is 0.302 e. The summed E-state index contributed by atoms with van der Waals surface area (Å²) in [6, 6.07) is 13.8. The Hall–Kier alpha value is -3.13. The molecular weight excluding hydrogens is 459 g/mol. The standard InChI is InChI=1S/C22H12Cl2N2O4S/c23-12-5-3-11(4-6-12)19(27)17-18(15-2-1-9-30-15)26(21(29)20(17)28)22-25-14-8-7-13(24)10-16(14)31-22/h1-10,18,27H/b19-17+. The monoisotopic (exact) mass is 470 g/mol. The number of rotatable bonds is 3. The predicted molar refractivity (Wildman–Crippen MR) is 120 cm³/mol. The van der Waals surface area contributed by atoms with Crippen LogP contribution in [-0.4, -0.2) is 21.8 Å². The fourth-order valence-electron chi connectivity index (χ4n) is 3.50. The Kier molecular flexibility index (Phi) is 4.81. The molecule has 1 aliphatic heterocycles. The molecule has 6 nitrogen and oxygen atoms in total. The van der Waals surface area contributed by atoms with Gasteiger partial charge in [0.05, 0.1) is 22.1 Å². The normalized spacial score (nSPS) is 18.3. The topological polar surface area (TPSA) is 83.6 Å². The molecule has 0 radical (unpaired) electrons. The zero-order valence-corrected chi connectivity index (χ0v) is 17.9. The number of Topliss-reactive ketones (excluding diaryl/α,β-unsaturated/α-hetero) is 1. The number of aromatic nitrogens is 1. The van der Waals surface area contributed by atoms with E-state index in [9.17, 15) is 14.7 Å². The zero-order valence-electron chi connectivity index (χ0n) is 15.6. The van der Waals surface area contributed by atoms with Crippen LogP contribution in [0, 0.1) is 0 Å². The first kappa shape index (κ1) is 19.8. The lowest BCUT2D eigenvalue weighted by Crippen LogP contribution is -2.29. The molecule has 154 valence electrons. The number of carbonyl (C=O) groups is 2. The van der Waals surface area contributed by atoms with E-state index in [4.69, 9.17) is 27.6 Å². The van der Waals surface area contributed by atoms with Gasteiger partial charge in [0, 0.05) is 15.6 Å².